The predicted octanol–water partition coefficient (Wildman–Crippen LogP) is 1.96. The second-order valence-corrected chi connectivity index (χ2v) is 7.53. The van der Waals surface area contributed by atoms with Gasteiger partial charge in [-0.2, -0.15) is 0 Å². The number of likely N-dealkylation sites (tertiary alicyclic amines) is 2. The van der Waals surface area contributed by atoms with Crippen molar-refractivity contribution in [1.29, 1.82) is 0 Å². The van der Waals surface area contributed by atoms with Crippen LogP contribution in [0.5, 0.6) is 11.5 Å². The molecule has 2 aliphatic rings. The van der Waals surface area contributed by atoms with Gasteiger partial charge in [0.05, 0.1) is 20.0 Å². The summed E-state index contributed by atoms with van der Waals surface area (Å²) in [6.07, 6.45) is 5.55. The number of hydrogen-bond acceptors (Lipinski definition) is 5. The number of hydrogen-bond donors (Lipinski definition) is 0. The first-order chi connectivity index (χ1) is 12.7. The van der Waals surface area contributed by atoms with Crippen LogP contribution in [0.4, 0.5) is 0 Å². The van der Waals surface area contributed by atoms with Crippen molar-refractivity contribution in [2.24, 2.45) is 11.8 Å². The summed E-state index contributed by atoms with van der Waals surface area (Å²) in [7, 11) is 3.94. The van der Waals surface area contributed by atoms with E-state index in [1.165, 1.54) is 31.7 Å². The van der Waals surface area contributed by atoms with Gasteiger partial charge in [-0.15, -0.1) is 0 Å². The molecule has 2 atom stereocenters. The van der Waals surface area contributed by atoms with Crippen molar-refractivity contribution in [3.05, 3.63) is 42.5 Å². The number of para-hydroxylation sites is 1. The molecular formula is C20H28N4O2. The Morgan fingerprint density at radius 1 is 1.15 bits per heavy atom. The average Bonchev–Trinajstić information content (AvgIpc) is 3.33. The van der Waals surface area contributed by atoms with Crippen LogP contribution in [0.3, 0.4) is 0 Å². The first-order valence-corrected chi connectivity index (χ1v) is 9.38. The Bertz CT molecular complexity index is 705. The van der Waals surface area contributed by atoms with Crippen molar-refractivity contribution < 1.29 is 9.47 Å². The van der Waals surface area contributed by atoms with Crippen LogP contribution >= 0.6 is 0 Å². The van der Waals surface area contributed by atoms with E-state index in [1.807, 2.05) is 23.2 Å². The molecule has 0 amide bonds. The largest absolute Gasteiger partial charge is 0.493 e. The molecule has 6 heteroatoms. The summed E-state index contributed by atoms with van der Waals surface area (Å²) >= 11 is 0. The Kier molecular flexibility index (Phi) is 5.13. The number of fused-ring (bicyclic) bond motifs is 1. The quantitative estimate of drug-likeness (QED) is 0.759. The Hall–Kier alpha value is -2.05. The summed E-state index contributed by atoms with van der Waals surface area (Å²) in [6.45, 7) is 7.12. The summed E-state index contributed by atoms with van der Waals surface area (Å²) in [5.74, 6) is 3.32. The lowest BCUT2D eigenvalue weighted by Gasteiger charge is -2.21. The molecular weight excluding hydrogens is 328 g/mol. The molecule has 0 aliphatic carbocycles. The van der Waals surface area contributed by atoms with Gasteiger partial charge < -0.3 is 18.9 Å². The van der Waals surface area contributed by atoms with Gasteiger partial charge in [0.1, 0.15) is 6.61 Å². The maximum atomic E-state index is 6.15. The van der Waals surface area contributed by atoms with Gasteiger partial charge in [-0.25, -0.2) is 4.98 Å². The normalized spacial score (nSPS) is 23.3. The zero-order valence-electron chi connectivity index (χ0n) is 15.7. The molecule has 2 aromatic rings. The molecule has 1 aromatic heterocycles. The fourth-order valence-corrected chi connectivity index (χ4v) is 4.38. The van der Waals surface area contributed by atoms with Gasteiger partial charge in [-0.05, 0) is 24.9 Å². The van der Waals surface area contributed by atoms with Crippen LogP contribution in [-0.2, 0) is 13.1 Å². The smallest absolute Gasteiger partial charge is 0.165 e. The van der Waals surface area contributed by atoms with E-state index in [0.717, 1.165) is 36.4 Å². The Morgan fingerprint density at radius 3 is 2.65 bits per heavy atom. The van der Waals surface area contributed by atoms with E-state index < -0.39 is 0 Å². The van der Waals surface area contributed by atoms with Crippen molar-refractivity contribution in [1.82, 2.24) is 19.4 Å². The van der Waals surface area contributed by atoms with E-state index >= 15 is 0 Å². The van der Waals surface area contributed by atoms with E-state index in [0.29, 0.717) is 6.61 Å². The Morgan fingerprint density at radius 2 is 1.96 bits per heavy atom. The lowest BCUT2D eigenvalue weighted by Crippen LogP contribution is -2.26. The van der Waals surface area contributed by atoms with Gasteiger partial charge in [0.2, 0.25) is 0 Å². The SMILES string of the molecule is COc1cccc(CN2C[C@H]3CN(C)C[C@H]3C2)c1OCCn1ccnc1. The second kappa shape index (κ2) is 7.68. The highest BCUT2D eigenvalue weighted by Crippen LogP contribution is 2.35. The maximum Gasteiger partial charge on any atom is 0.165 e. The second-order valence-electron chi connectivity index (χ2n) is 7.53. The Labute approximate surface area is 155 Å². The molecule has 2 fully saturated rings. The van der Waals surface area contributed by atoms with Gasteiger partial charge in [0.25, 0.3) is 0 Å². The summed E-state index contributed by atoms with van der Waals surface area (Å²) in [5, 5.41) is 0. The third-order valence-electron chi connectivity index (χ3n) is 5.57. The summed E-state index contributed by atoms with van der Waals surface area (Å²) in [5.41, 5.74) is 1.21. The van der Waals surface area contributed by atoms with Crippen LogP contribution in [0, 0.1) is 11.8 Å². The number of methoxy groups -OCH3 is 1. The van der Waals surface area contributed by atoms with Gasteiger partial charge in [-0.1, -0.05) is 12.1 Å². The van der Waals surface area contributed by atoms with Crippen molar-refractivity contribution in [2.75, 3.05) is 46.9 Å². The Balaban J connectivity index is 1.42. The highest BCUT2D eigenvalue weighted by molar-refractivity contribution is 5.46. The molecule has 6 nitrogen and oxygen atoms in total. The molecule has 2 saturated heterocycles. The van der Waals surface area contributed by atoms with E-state index in [1.54, 1.807) is 13.3 Å². The van der Waals surface area contributed by atoms with Crippen molar-refractivity contribution in [2.45, 2.75) is 13.1 Å². The van der Waals surface area contributed by atoms with Gasteiger partial charge in [0, 0.05) is 50.7 Å². The average molecular weight is 356 g/mol. The zero-order valence-corrected chi connectivity index (χ0v) is 15.7. The third-order valence-corrected chi connectivity index (χ3v) is 5.57. The lowest BCUT2D eigenvalue weighted by molar-refractivity contribution is 0.252. The molecule has 2 aliphatic heterocycles. The monoisotopic (exact) mass is 356 g/mol. The number of ether oxygens (including phenoxy) is 2. The minimum Gasteiger partial charge on any atom is -0.493 e. The van der Waals surface area contributed by atoms with E-state index in [4.69, 9.17) is 9.47 Å². The van der Waals surface area contributed by atoms with Crippen LogP contribution in [0.15, 0.2) is 36.9 Å². The number of benzene rings is 1. The van der Waals surface area contributed by atoms with Crippen LogP contribution in [0.25, 0.3) is 0 Å². The highest BCUT2D eigenvalue weighted by Gasteiger charge is 2.38. The molecule has 0 N–H and O–H groups in total. The van der Waals surface area contributed by atoms with Crippen molar-refractivity contribution in [3.8, 4) is 11.5 Å². The minimum atomic E-state index is 0.597. The zero-order chi connectivity index (χ0) is 17.9. The number of imidazole rings is 1. The molecule has 26 heavy (non-hydrogen) atoms. The fraction of sp³-hybridized carbons (Fsp3) is 0.550. The predicted molar refractivity (Wildman–Crippen MR) is 100 cm³/mol. The molecule has 0 spiro atoms. The third kappa shape index (κ3) is 3.71. The summed E-state index contributed by atoms with van der Waals surface area (Å²) < 4.78 is 13.7. The topological polar surface area (TPSA) is 42.8 Å². The number of rotatable bonds is 7. The van der Waals surface area contributed by atoms with E-state index in [9.17, 15) is 0 Å². The highest BCUT2D eigenvalue weighted by atomic mass is 16.5. The molecule has 0 saturated carbocycles. The van der Waals surface area contributed by atoms with E-state index in [2.05, 4.69) is 34.0 Å². The van der Waals surface area contributed by atoms with Crippen LogP contribution < -0.4 is 9.47 Å². The van der Waals surface area contributed by atoms with Crippen LogP contribution in [-0.4, -0.2) is 66.3 Å². The standard InChI is InChI=1S/C20H28N4O2/c1-22-10-17-13-24(14-18(17)11-22)12-16-4-3-5-19(25-2)20(16)26-9-8-23-7-6-21-15-23/h3-7,15,17-18H,8-14H2,1-2H3/t17-,18+. The minimum absolute atomic E-state index is 0.597. The van der Waals surface area contributed by atoms with Crippen molar-refractivity contribution >= 4 is 0 Å². The van der Waals surface area contributed by atoms with Crippen LogP contribution in [0.2, 0.25) is 0 Å². The van der Waals surface area contributed by atoms with E-state index in [-0.39, 0.29) is 0 Å². The number of aromatic nitrogens is 2. The van der Waals surface area contributed by atoms with Crippen LogP contribution in [0.1, 0.15) is 5.56 Å². The first-order valence-electron chi connectivity index (χ1n) is 9.38. The molecule has 1 aromatic carbocycles. The van der Waals surface area contributed by atoms with Gasteiger partial charge in [-0.3, -0.25) is 4.90 Å². The molecule has 4 rings (SSSR count). The molecule has 0 unspecified atom stereocenters. The van der Waals surface area contributed by atoms with Gasteiger partial charge in [0.15, 0.2) is 11.5 Å². The molecule has 3 heterocycles. The summed E-state index contributed by atoms with van der Waals surface area (Å²) in [4.78, 5) is 9.10. The lowest BCUT2D eigenvalue weighted by atomic mass is 10.0. The molecule has 0 radical (unpaired) electrons. The fourth-order valence-electron chi connectivity index (χ4n) is 4.38. The first kappa shape index (κ1) is 17.4. The maximum absolute atomic E-state index is 6.15. The summed E-state index contributed by atoms with van der Waals surface area (Å²) in [6, 6.07) is 6.20. The van der Waals surface area contributed by atoms with Gasteiger partial charge >= 0.3 is 0 Å². The number of nitrogens with zero attached hydrogens (tertiary/aromatic N) is 4. The van der Waals surface area contributed by atoms with Crippen molar-refractivity contribution in [3.63, 3.8) is 0 Å². The molecule has 140 valence electrons. The molecule has 0 bridgehead atoms.